The number of hydrogen-bond donors (Lipinski definition) is 0. The van der Waals surface area contributed by atoms with Crippen molar-refractivity contribution in [1.82, 2.24) is 4.98 Å². The van der Waals surface area contributed by atoms with Gasteiger partial charge in [0.25, 0.3) is 0 Å². The summed E-state index contributed by atoms with van der Waals surface area (Å²) in [4.78, 5) is 15.5. The zero-order chi connectivity index (χ0) is 15.7. The van der Waals surface area contributed by atoms with Crippen LogP contribution in [0.5, 0.6) is 0 Å². The fourth-order valence-corrected chi connectivity index (χ4v) is 3.21. The van der Waals surface area contributed by atoms with Crippen LogP contribution in [0.4, 0.5) is 5.69 Å². The van der Waals surface area contributed by atoms with Gasteiger partial charge in [-0.25, -0.2) is 4.98 Å². The van der Waals surface area contributed by atoms with Crippen LogP contribution in [-0.2, 0) is 12.8 Å². The van der Waals surface area contributed by atoms with Gasteiger partial charge < -0.3 is 0 Å². The number of fused-ring (bicyclic) bond motifs is 1. The molecule has 0 atom stereocenters. The minimum atomic E-state index is -0.432. The Labute approximate surface area is 136 Å². The highest BCUT2D eigenvalue weighted by atomic mass is 79.9. The molecule has 21 heavy (non-hydrogen) atoms. The number of nitrogens with zero attached hydrogens (tertiary/aromatic N) is 2. The van der Waals surface area contributed by atoms with E-state index in [1.807, 2.05) is 26.8 Å². The van der Waals surface area contributed by atoms with Crippen LogP contribution in [0.15, 0.2) is 16.6 Å². The third-order valence-corrected chi connectivity index (χ3v) is 4.12. The van der Waals surface area contributed by atoms with Crippen molar-refractivity contribution >= 4 is 44.1 Å². The van der Waals surface area contributed by atoms with Crippen molar-refractivity contribution in [3.63, 3.8) is 0 Å². The topological polar surface area (TPSA) is 56.0 Å². The zero-order valence-corrected chi connectivity index (χ0v) is 14.5. The molecular weight excluding hydrogens is 356 g/mol. The quantitative estimate of drug-likeness (QED) is 0.540. The van der Waals surface area contributed by atoms with Gasteiger partial charge in [-0.1, -0.05) is 48.3 Å². The molecule has 0 radical (unpaired) electrons. The van der Waals surface area contributed by atoms with Crippen molar-refractivity contribution < 1.29 is 4.92 Å². The first-order valence-electron chi connectivity index (χ1n) is 6.80. The Balaban J connectivity index is 2.86. The van der Waals surface area contributed by atoms with Gasteiger partial charge in [-0.2, -0.15) is 0 Å². The normalized spacial score (nSPS) is 11.3. The van der Waals surface area contributed by atoms with Crippen molar-refractivity contribution in [2.75, 3.05) is 0 Å². The van der Waals surface area contributed by atoms with Crippen LogP contribution >= 0.6 is 27.5 Å². The molecule has 2 rings (SSSR count). The fourth-order valence-electron chi connectivity index (χ4n) is 2.38. The first-order valence-corrected chi connectivity index (χ1v) is 7.97. The van der Waals surface area contributed by atoms with Gasteiger partial charge in [0, 0.05) is 9.86 Å². The average Bonchev–Trinajstić information content (AvgIpc) is 2.38. The first-order chi connectivity index (χ1) is 9.85. The van der Waals surface area contributed by atoms with Crippen LogP contribution in [0.2, 0.25) is 5.02 Å². The number of rotatable bonds is 4. The molecule has 0 aliphatic rings. The maximum absolute atomic E-state index is 11.4. The molecule has 1 heterocycles. The molecule has 0 N–H and O–H groups in total. The number of hydrogen-bond acceptors (Lipinski definition) is 3. The van der Waals surface area contributed by atoms with E-state index in [1.54, 1.807) is 6.07 Å². The lowest BCUT2D eigenvalue weighted by Gasteiger charge is -2.12. The zero-order valence-electron chi connectivity index (χ0n) is 12.1. The summed E-state index contributed by atoms with van der Waals surface area (Å²) in [5.41, 5.74) is 2.18. The van der Waals surface area contributed by atoms with Gasteiger partial charge in [-0.3, -0.25) is 10.1 Å². The lowest BCUT2D eigenvalue weighted by Crippen LogP contribution is -2.05. The highest BCUT2D eigenvalue weighted by Gasteiger charge is 2.25. The summed E-state index contributed by atoms with van der Waals surface area (Å²) in [6.45, 7) is 6.04. The minimum Gasteiger partial charge on any atom is -0.258 e. The van der Waals surface area contributed by atoms with Gasteiger partial charge >= 0.3 is 5.69 Å². The molecule has 0 aliphatic carbocycles. The third-order valence-electron chi connectivity index (χ3n) is 3.28. The SMILES string of the molecule is CCc1cc(Br)cc2c(Cl)c([N+](=O)[O-])c(CC(C)C)nc12. The van der Waals surface area contributed by atoms with E-state index in [4.69, 9.17) is 11.6 Å². The molecule has 0 unspecified atom stereocenters. The predicted octanol–water partition coefficient (Wildman–Crippen LogP) is 5.32. The molecule has 0 saturated carbocycles. The Kier molecular flexibility index (Phi) is 4.84. The summed E-state index contributed by atoms with van der Waals surface area (Å²) >= 11 is 9.75. The number of aryl methyl sites for hydroxylation is 1. The first kappa shape index (κ1) is 16.2. The molecule has 6 heteroatoms. The van der Waals surface area contributed by atoms with E-state index in [0.717, 1.165) is 22.0 Å². The van der Waals surface area contributed by atoms with E-state index < -0.39 is 4.92 Å². The van der Waals surface area contributed by atoms with Gasteiger partial charge in [0.05, 0.1) is 10.4 Å². The highest BCUT2D eigenvalue weighted by Crippen LogP contribution is 2.37. The van der Waals surface area contributed by atoms with Crippen molar-refractivity contribution in [2.45, 2.75) is 33.6 Å². The second kappa shape index (κ2) is 6.28. The third kappa shape index (κ3) is 3.19. The Morgan fingerprint density at radius 2 is 2.10 bits per heavy atom. The van der Waals surface area contributed by atoms with Crippen LogP contribution in [-0.4, -0.2) is 9.91 Å². The maximum Gasteiger partial charge on any atom is 0.309 e. The number of aromatic nitrogens is 1. The molecule has 1 aromatic carbocycles. The summed E-state index contributed by atoms with van der Waals surface area (Å²) in [6, 6.07) is 3.77. The molecule has 0 amide bonds. The van der Waals surface area contributed by atoms with Crippen molar-refractivity contribution in [2.24, 2.45) is 5.92 Å². The van der Waals surface area contributed by atoms with Crippen LogP contribution < -0.4 is 0 Å². The summed E-state index contributed by atoms with van der Waals surface area (Å²) in [7, 11) is 0. The molecule has 0 fully saturated rings. The molecule has 112 valence electrons. The Bertz CT molecular complexity index is 717. The molecule has 0 aliphatic heterocycles. The van der Waals surface area contributed by atoms with Crippen molar-refractivity contribution in [3.8, 4) is 0 Å². The molecule has 2 aromatic rings. The van der Waals surface area contributed by atoms with E-state index in [0.29, 0.717) is 17.5 Å². The smallest absolute Gasteiger partial charge is 0.258 e. The minimum absolute atomic E-state index is 0.0713. The molecule has 0 spiro atoms. The summed E-state index contributed by atoms with van der Waals surface area (Å²) in [5.74, 6) is 0.269. The summed E-state index contributed by atoms with van der Waals surface area (Å²) in [6.07, 6.45) is 1.32. The van der Waals surface area contributed by atoms with E-state index in [2.05, 4.69) is 20.9 Å². The second-order valence-electron chi connectivity index (χ2n) is 5.39. The van der Waals surface area contributed by atoms with E-state index in [1.165, 1.54) is 0 Å². The molecule has 0 bridgehead atoms. The number of pyridine rings is 1. The standard InChI is InChI=1S/C15H16BrClN2O2/c1-4-9-6-10(16)7-11-13(17)15(19(20)21)12(5-8(2)3)18-14(9)11/h6-8H,4-5H2,1-3H3. The van der Waals surface area contributed by atoms with E-state index in [9.17, 15) is 10.1 Å². The Morgan fingerprint density at radius 3 is 2.62 bits per heavy atom. The van der Waals surface area contributed by atoms with Gasteiger partial charge in [0.1, 0.15) is 10.7 Å². The van der Waals surface area contributed by atoms with Crippen molar-refractivity contribution in [1.29, 1.82) is 0 Å². The molecular formula is C15H16BrClN2O2. The largest absolute Gasteiger partial charge is 0.309 e. The predicted molar refractivity (Wildman–Crippen MR) is 89.0 cm³/mol. The Morgan fingerprint density at radius 1 is 1.43 bits per heavy atom. The lowest BCUT2D eigenvalue weighted by molar-refractivity contribution is -0.385. The van der Waals surface area contributed by atoms with Gasteiger partial charge in [-0.15, -0.1) is 0 Å². The van der Waals surface area contributed by atoms with E-state index >= 15 is 0 Å². The lowest BCUT2D eigenvalue weighted by atomic mass is 10.0. The average molecular weight is 372 g/mol. The second-order valence-corrected chi connectivity index (χ2v) is 6.68. The van der Waals surface area contributed by atoms with Crippen LogP contribution in [0.25, 0.3) is 10.9 Å². The Hall–Kier alpha value is -1.20. The highest BCUT2D eigenvalue weighted by molar-refractivity contribution is 9.10. The van der Waals surface area contributed by atoms with Crippen LogP contribution in [0, 0.1) is 16.0 Å². The number of halogens is 2. The molecule has 0 saturated heterocycles. The van der Waals surface area contributed by atoms with Gasteiger partial charge in [0.2, 0.25) is 0 Å². The van der Waals surface area contributed by atoms with Crippen LogP contribution in [0.1, 0.15) is 32.0 Å². The molecule has 1 aromatic heterocycles. The van der Waals surface area contributed by atoms with E-state index in [-0.39, 0.29) is 16.6 Å². The fraction of sp³-hybridized carbons (Fsp3) is 0.400. The number of benzene rings is 1. The van der Waals surface area contributed by atoms with Crippen LogP contribution in [0.3, 0.4) is 0 Å². The van der Waals surface area contributed by atoms with Gasteiger partial charge in [-0.05, 0) is 36.5 Å². The van der Waals surface area contributed by atoms with Crippen molar-refractivity contribution in [3.05, 3.63) is 43.0 Å². The van der Waals surface area contributed by atoms with Gasteiger partial charge in [0.15, 0.2) is 0 Å². The number of nitro groups is 1. The molecule has 4 nitrogen and oxygen atoms in total. The summed E-state index contributed by atoms with van der Waals surface area (Å²) < 4.78 is 0.849. The monoisotopic (exact) mass is 370 g/mol. The summed E-state index contributed by atoms with van der Waals surface area (Å²) in [5, 5.41) is 12.2. The maximum atomic E-state index is 11.4.